The molecule has 0 aromatic heterocycles. The van der Waals surface area contributed by atoms with E-state index in [-0.39, 0.29) is 5.22 Å². The Balaban J connectivity index is 0.000000324. The lowest BCUT2D eigenvalue weighted by Gasteiger charge is -2.49. The lowest BCUT2D eigenvalue weighted by atomic mass is 10.1. The highest BCUT2D eigenvalue weighted by molar-refractivity contribution is 6.70. The fourth-order valence-corrected chi connectivity index (χ4v) is 8.05. The normalized spacial score (nSPS) is 22.0. The summed E-state index contributed by atoms with van der Waals surface area (Å²) in [5, 5.41) is 7.92. The van der Waals surface area contributed by atoms with Crippen LogP contribution >= 0.6 is 0 Å². The molecular weight excluding hydrogens is 336 g/mol. The Hall–Kier alpha value is -0.923. The summed E-state index contributed by atoms with van der Waals surface area (Å²) in [6.07, 6.45) is 4.57. The van der Waals surface area contributed by atoms with E-state index in [1.165, 1.54) is 12.8 Å². The van der Waals surface area contributed by atoms with E-state index in [2.05, 4.69) is 32.6 Å². The Kier molecular flexibility index (Phi) is 10.3. The van der Waals surface area contributed by atoms with Crippen molar-refractivity contribution in [3.63, 3.8) is 0 Å². The highest BCUT2D eigenvalue weighted by Gasteiger charge is 2.58. The zero-order valence-corrected chi connectivity index (χ0v) is 17.1. The second-order valence-electron chi connectivity index (χ2n) is 6.01. The number of benzene rings is 1. The van der Waals surface area contributed by atoms with Crippen molar-refractivity contribution in [2.24, 2.45) is 0 Å². The molecule has 1 saturated heterocycles. The maximum atomic E-state index is 8.04. The van der Waals surface area contributed by atoms with Gasteiger partial charge >= 0.3 is 8.56 Å². The van der Waals surface area contributed by atoms with Crippen molar-refractivity contribution in [1.29, 1.82) is 0 Å². The molecule has 0 spiro atoms. The Bertz CT molecular complexity index is 441. The number of ether oxygens (including phenoxy) is 1. The SMILES string of the molecule is CCOC1(CC)CCCC[Si]1(OCC)OCC.OOc1ccccc1. The second kappa shape index (κ2) is 11.6. The van der Waals surface area contributed by atoms with Crippen molar-refractivity contribution in [2.75, 3.05) is 19.8 Å². The Morgan fingerprint density at radius 2 is 1.60 bits per heavy atom. The third kappa shape index (κ3) is 5.79. The molecule has 1 unspecified atom stereocenters. The lowest BCUT2D eigenvalue weighted by Crippen LogP contribution is -2.65. The average Bonchev–Trinajstić information content (AvgIpc) is 2.65. The molecule has 1 heterocycles. The van der Waals surface area contributed by atoms with E-state index in [0.717, 1.165) is 38.7 Å². The van der Waals surface area contributed by atoms with Gasteiger partial charge in [-0.2, -0.15) is 0 Å². The molecule has 0 aliphatic carbocycles. The van der Waals surface area contributed by atoms with Crippen LogP contribution in [-0.4, -0.2) is 38.9 Å². The van der Waals surface area contributed by atoms with E-state index in [4.69, 9.17) is 18.8 Å². The van der Waals surface area contributed by atoms with Crippen molar-refractivity contribution in [2.45, 2.75) is 64.6 Å². The first-order chi connectivity index (χ1) is 12.1. The summed E-state index contributed by atoms with van der Waals surface area (Å²) < 4.78 is 18.5. The summed E-state index contributed by atoms with van der Waals surface area (Å²) in [6.45, 7) is 10.6. The molecule has 25 heavy (non-hydrogen) atoms. The van der Waals surface area contributed by atoms with Crippen molar-refractivity contribution < 1.29 is 23.7 Å². The van der Waals surface area contributed by atoms with Gasteiger partial charge in [0.25, 0.3) is 0 Å². The van der Waals surface area contributed by atoms with Gasteiger partial charge in [0.05, 0.1) is 0 Å². The van der Waals surface area contributed by atoms with Crippen molar-refractivity contribution in [1.82, 2.24) is 0 Å². The van der Waals surface area contributed by atoms with Gasteiger partial charge in [0.1, 0.15) is 5.22 Å². The topological polar surface area (TPSA) is 57.2 Å². The molecule has 0 amide bonds. The molecule has 0 bridgehead atoms. The molecular formula is C19H34O5Si. The monoisotopic (exact) mass is 370 g/mol. The van der Waals surface area contributed by atoms with Crippen LogP contribution in [0.25, 0.3) is 0 Å². The van der Waals surface area contributed by atoms with Gasteiger partial charge in [0.15, 0.2) is 5.75 Å². The van der Waals surface area contributed by atoms with Crippen LogP contribution in [0.5, 0.6) is 5.75 Å². The highest BCUT2D eigenvalue weighted by atomic mass is 28.4. The number of hydrogen-bond donors (Lipinski definition) is 1. The van der Waals surface area contributed by atoms with Crippen LogP contribution in [0.4, 0.5) is 0 Å². The van der Waals surface area contributed by atoms with Gasteiger partial charge in [0, 0.05) is 19.8 Å². The van der Waals surface area contributed by atoms with Gasteiger partial charge in [-0.05, 0) is 51.8 Å². The van der Waals surface area contributed by atoms with Crippen LogP contribution in [0.3, 0.4) is 0 Å². The van der Waals surface area contributed by atoms with Crippen LogP contribution in [0, 0.1) is 0 Å². The summed E-state index contributed by atoms with van der Waals surface area (Å²) in [4.78, 5) is 3.91. The first-order valence-electron chi connectivity index (χ1n) is 9.41. The molecule has 144 valence electrons. The standard InChI is InChI=1S/C13H28O3Si.C6H6O2/c1-5-13(14-6-2)11-9-10-12-17(13,15-7-3)16-8-4;7-8-6-4-2-1-3-5-6/h5-12H2,1-4H3;1-5,7H. The fraction of sp³-hybridized carbons (Fsp3) is 0.684. The first kappa shape index (κ1) is 22.1. The highest BCUT2D eigenvalue weighted by Crippen LogP contribution is 2.42. The van der Waals surface area contributed by atoms with Crippen molar-refractivity contribution >= 4 is 8.56 Å². The van der Waals surface area contributed by atoms with Crippen LogP contribution in [-0.2, 0) is 13.6 Å². The smallest absolute Gasteiger partial charge is 0.371 e. The lowest BCUT2D eigenvalue weighted by molar-refractivity contribution is -0.137. The minimum Gasteiger partial charge on any atom is -0.393 e. The zero-order valence-electron chi connectivity index (χ0n) is 16.1. The molecule has 2 rings (SSSR count). The Labute approximate surface area is 153 Å². The van der Waals surface area contributed by atoms with Crippen LogP contribution in [0.1, 0.15) is 53.4 Å². The van der Waals surface area contributed by atoms with Crippen molar-refractivity contribution in [3.8, 4) is 5.75 Å². The van der Waals surface area contributed by atoms with Crippen molar-refractivity contribution in [3.05, 3.63) is 30.3 Å². The maximum Gasteiger partial charge on any atom is 0.371 e. The molecule has 0 radical (unpaired) electrons. The number of para-hydroxylation sites is 1. The van der Waals surface area contributed by atoms with Gasteiger partial charge < -0.3 is 18.5 Å². The molecule has 0 saturated carbocycles. The molecule has 1 aromatic rings. The zero-order chi connectivity index (χ0) is 18.6. The maximum absolute atomic E-state index is 8.04. The molecule has 1 atom stereocenters. The number of rotatable bonds is 8. The van der Waals surface area contributed by atoms with Gasteiger partial charge in [-0.1, -0.05) is 38.0 Å². The summed E-state index contributed by atoms with van der Waals surface area (Å²) in [5.41, 5.74) is 0. The first-order valence-corrected chi connectivity index (χ1v) is 11.4. The van der Waals surface area contributed by atoms with Gasteiger partial charge in [0.2, 0.25) is 0 Å². The summed E-state index contributed by atoms with van der Waals surface area (Å²) >= 11 is 0. The summed E-state index contributed by atoms with van der Waals surface area (Å²) in [7, 11) is -2.21. The van der Waals surface area contributed by atoms with Crippen LogP contribution < -0.4 is 4.89 Å². The third-order valence-electron chi connectivity index (χ3n) is 4.63. The fourth-order valence-electron chi connectivity index (χ4n) is 3.59. The van der Waals surface area contributed by atoms with Crippen LogP contribution in [0.2, 0.25) is 6.04 Å². The van der Waals surface area contributed by atoms with E-state index >= 15 is 0 Å². The minimum absolute atomic E-state index is 0.119. The van der Waals surface area contributed by atoms with E-state index < -0.39 is 8.56 Å². The minimum atomic E-state index is -2.21. The molecule has 1 aliphatic rings. The van der Waals surface area contributed by atoms with Crippen LogP contribution in [0.15, 0.2) is 30.3 Å². The predicted octanol–water partition coefficient (Wildman–Crippen LogP) is 4.95. The number of hydrogen-bond acceptors (Lipinski definition) is 5. The Morgan fingerprint density at radius 3 is 2.04 bits per heavy atom. The van der Waals surface area contributed by atoms with E-state index in [1.807, 2.05) is 6.07 Å². The second-order valence-corrected chi connectivity index (χ2v) is 9.51. The molecule has 6 heteroatoms. The van der Waals surface area contributed by atoms with E-state index in [9.17, 15) is 0 Å². The van der Waals surface area contributed by atoms with Gasteiger partial charge in [-0.3, -0.25) is 0 Å². The van der Waals surface area contributed by atoms with E-state index in [0.29, 0.717) is 5.75 Å². The molecule has 5 nitrogen and oxygen atoms in total. The predicted molar refractivity (Wildman–Crippen MR) is 102 cm³/mol. The Morgan fingerprint density at radius 1 is 0.960 bits per heavy atom. The molecule has 1 fully saturated rings. The summed E-state index contributed by atoms with van der Waals surface area (Å²) in [6, 6.07) is 9.84. The molecule has 1 N–H and O–H groups in total. The third-order valence-corrected chi connectivity index (χ3v) is 9.28. The summed E-state index contributed by atoms with van der Waals surface area (Å²) in [5.74, 6) is 0.465. The molecule has 1 aromatic carbocycles. The van der Waals surface area contributed by atoms with Gasteiger partial charge in [-0.25, -0.2) is 5.26 Å². The van der Waals surface area contributed by atoms with E-state index in [1.54, 1.807) is 24.3 Å². The largest absolute Gasteiger partial charge is 0.393 e. The average molecular weight is 371 g/mol. The van der Waals surface area contributed by atoms with Gasteiger partial charge in [-0.15, -0.1) is 0 Å². The quantitative estimate of drug-likeness (QED) is 0.399. The molecule has 1 aliphatic heterocycles.